The average molecular weight is 219 g/mol. The van der Waals surface area contributed by atoms with Gasteiger partial charge in [-0.15, -0.1) is 0 Å². The summed E-state index contributed by atoms with van der Waals surface area (Å²) >= 11 is 0. The summed E-state index contributed by atoms with van der Waals surface area (Å²) in [5.41, 5.74) is 2.72. The van der Waals surface area contributed by atoms with E-state index in [0.29, 0.717) is 6.04 Å². The predicted octanol–water partition coefficient (Wildman–Crippen LogP) is 1.90. The van der Waals surface area contributed by atoms with E-state index in [9.17, 15) is 5.11 Å². The quantitative estimate of drug-likeness (QED) is 0.814. The molecule has 1 aliphatic carbocycles. The second kappa shape index (κ2) is 4.56. The summed E-state index contributed by atoms with van der Waals surface area (Å²) in [6, 6.07) is 8.98. The van der Waals surface area contributed by atoms with Gasteiger partial charge in [-0.1, -0.05) is 38.1 Å². The van der Waals surface area contributed by atoms with E-state index >= 15 is 0 Å². The Kier molecular flexibility index (Phi) is 3.31. The van der Waals surface area contributed by atoms with Gasteiger partial charge >= 0.3 is 0 Å². The molecule has 0 heterocycles. The van der Waals surface area contributed by atoms with Gasteiger partial charge < -0.3 is 10.4 Å². The van der Waals surface area contributed by atoms with E-state index in [1.165, 1.54) is 11.1 Å². The topological polar surface area (TPSA) is 32.3 Å². The van der Waals surface area contributed by atoms with Gasteiger partial charge in [-0.3, -0.25) is 0 Å². The zero-order valence-electron chi connectivity index (χ0n) is 10.2. The Morgan fingerprint density at radius 3 is 2.62 bits per heavy atom. The van der Waals surface area contributed by atoms with Crippen LogP contribution in [0.25, 0.3) is 0 Å². The summed E-state index contributed by atoms with van der Waals surface area (Å²) in [4.78, 5) is 0. The maximum atomic E-state index is 9.65. The van der Waals surface area contributed by atoms with Crippen LogP contribution in [0, 0.1) is 0 Å². The van der Waals surface area contributed by atoms with Crippen LogP contribution in [0.3, 0.4) is 0 Å². The molecule has 1 unspecified atom stereocenters. The van der Waals surface area contributed by atoms with E-state index in [-0.39, 0.29) is 12.1 Å². The van der Waals surface area contributed by atoms with E-state index in [2.05, 4.69) is 43.4 Å². The molecular formula is C14H21NO. The number of rotatable bonds is 3. The van der Waals surface area contributed by atoms with Crippen molar-refractivity contribution in [3.8, 4) is 0 Å². The lowest BCUT2D eigenvalue weighted by molar-refractivity contribution is 0.136. The van der Waals surface area contributed by atoms with Gasteiger partial charge in [-0.25, -0.2) is 0 Å². The highest BCUT2D eigenvalue weighted by Gasteiger charge is 2.33. The second-order valence-corrected chi connectivity index (χ2v) is 5.18. The number of aliphatic hydroxyl groups is 1. The monoisotopic (exact) mass is 219 g/mol. The molecule has 0 saturated carbocycles. The molecule has 1 aromatic carbocycles. The Hall–Kier alpha value is -0.860. The minimum atomic E-state index is -0.109. The molecule has 88 valence electrons. The standard InChI is InChI=1S/C14H21NO/c1-11(2)15-14(10-16)8-7-12-5-3-4-6-13(12)9-14/h3-6,11,15-16H,7-10H2,1-2H3. The third-order valence-corrected chi connectivity index (χ3v) is 3.42. The van der Waals surface area contributed by atoms with Crippen molar-refractivity contribution in [3.05, 3.63) is 35.4 Å². The van der Waals surface area contributed by atoms with Gasteiger partial charge in [0, 0.05) is 11.6 Å². The highest BCUT2D eigenvalue weighted by Crippen LogP contribution is 2.28. The molecule has 0 aromatic heterocycles. The summed E-state index contributed by atoms with van der Waals surface area (Å²) < 4.78 is 0. The number of fused-ring (bicyclic) bond motifs is 1. The minimum absolute atomic E-state index is 0.109. The van der Waals surface area contributed by atoms with E-state index in [0.717, 1.165) is 19.3 Å². The number of aryl methyl sites for hydroxylation is 1. The average Bonchev–Trinajstić information content (AvgIpc) is 2.28. The van der Waals surface area contributed by atoms with Gasteiger partial charge in [-0.2, -0.15) is 0 Å². The first-order valence-electron chi connectivity index (χ1n) is 6.10. The van der Waals surface area contributed by atoms with Crippen LogP contribution in [-0.2, 0) is 12.8 Å². The van der Waals surface area contributed by atoms with Crippen molar-refractivity contribution in [2.75, 3.05) is 6.61 Å². The van der Waals surface area contributed by atoms with Gasteiger partial charge in [0.15, 0.2) is 0 Å². The molecule has 1 atom stereocenters. The number of nitrogens with one attached hydrogen (secondary N) is 1. The van der Waals surface area contributed by atoms with Gasteiger partial charge in [0.05, 0.1) is 6.61 Å². The SMILES string of the molecule is CC(C)NC1(CO)CCc2ccccc2C1. The minimum Gasteiger partial charge on any atom is -0.394 e. The molecule has 2 N–H and O–H groups in total. The fraction of sp³-hybridized carbons (Fsp3) is 0.571. The molecule has 1 aromatic rings. The Labute approximate surface area is 97.7 Å². The molecule has 0 amide bonds. The molecule has 16 heavy (non-hydrogen) atoms. The van der Waals surface area contributed by atoms with Crippen molar-refractivity contribution in [1.82, 2.24) is 5.32 Å². The van der Waals surface area contributed by atoms with Crippen LogP contribution in [-0.4, -0.2) is 23.3 Å². The lowest BCUT2D eigenvalue weighted by atomic mass is 9.78. The second-order valence-electron chi connectivity index (χ2n) is 5.18. The Balaban J connectivity index is 2.21. The lowest BCUT2D eigenvalue weighted by Gasteiger charge is -2.39. The molecular weight excluding hydrogens is 198 g/mol. The summed E-state index contributed by atoms with van der Waals surface area (Å²) in [5, 5.41) is 13.2. The van der Waals surface area contributed by atoms with Crippen molar-refractivity contribution in [2.24, 2.45) is 0 Å². The van der Waals surface area contributed by atoms with Gasteiger partial charge in [-0.05, 0) is 30.4 Å². The van der Waals surface area contributed by atoms with Crippen molar-refractivity contribution in [3.63, 3.8) is 0 Å². The fourth-order valence-corrected chi connectivity index (χ4v) is 2.72. The summed E-state index contributed by atoms with van der Waals surface area (Å²) in [6.45, 7) is 4.50. The molecule has 2 nitrogen and oxygen atoms in total. The number of hydrogen-bond donors (Lipinski definition) is 2. The maximum Gasteiger partial charge on any atom is 0.0616 e. The Bertz CT molecular complexity index is 362. The molecule has 0 fully saturated rings. The molecule has 2 heteroatoms. The van der Waals surface area contributed by atoms with Crippen LogP contribution in [0.15, 0.2) is 24.3 Å². The Morgan fingerprint density at radius 2 is 2.00 bits per heavy atom. The summed E-state index contributed by atoms with van der Waals surface area (Å²) in [6.07, 6.45) is 3.03. The molecule has 0 bridgehead atoms. The first kappa shape index (κ1) is 11.6. The van der Waals surface area contributed by atoms with Crippen LogP contribution < -0.4 is 5.32 Å². The number of aliphatic hydroxyl groups excluding tert-OH is 1. The van der Waals surface area contributed by atoms with E-state index in [4.69, 9.17) is 0 Å². The van der Waals surface area contributed by atoms with Crippen molar-refractivity contribution < 1.29 is 5.11 Å². The van der Waals surface area contributed by atoms with Crippen LogP contribution in [0.1, 0.15) is 31.4 Å². The van der Waals surface area contributed by atoms with Crippen LogP contribution in [0.2, 0.25) is 0 Å². The van der Waals surface area contributed by atoms with Crippen LogP contribution >= 0.6 is 0 Å². The molecule has 0 aliphatic heterocycles. The molecule has 0 spiro atoms. The normalized spacial score (nSPS) is 24.5. The number of hydrogen-bond acceptors (Lipinski definition) is 2. The van der Waals surface area contributed by atoms with Crippen LogP contribution in [0.4, 0.5) is 0 Å². The van der Waals surface area contributed by atoms with E-state index < -0.39 is 0 Å². The molecule has 1 aliphatic rings. The molecule has 0 saturated heterocycles. The lowest BCUT2D eigenvalue weighted by Crippen LogP contribution is -2.55. The van der Waals surface area contributed by atoms with E-state index in [1.807, 2.05) is 0 Å². The van der Waals surface area contributed by atoms with Gasteiger partial charge in [0.1, 0.15) is 0 Å². The van der Waals surface area contributed by atoms with Crippen LogP contribution in [0.5, 0.6) is 0 Å². The zero-order valence-corrected chi connectivity index (χ0v) is 10.2. The Morgan fingerprint density at radius 1 is 1.31 bits per heavy atom. The first-order valence-corrected chi connectivity index (χ1v) is 6.10. The summed E-state index contributed by atoms with van der Waals surface area (Å²) in [5.74, 6) is 0. The third-order valence-electron chi connectivity index (χ3n) is 3.42. The fourth-order valence-electron chi connectivity index (χ4n) is 2.72. The van der Waals surface area contributed by atoms with Crippen molar-refractivity contribution in [1.29, 1.82) is 0 Å². The molecule has 2 rings (SSSR count). The third kappa shape index (κ3) is 2.28. The predicted molar refractivity (Wildman–Crippen MR) is 66.6 cm³/mol. The smallest absolute Gasteiger partial charge is 0.0616 e. The van der Waals surface area contributed by atoms with Gasteiger partial charge in [0.2, 0.25) is 0 Å². The first-order chi connectivity index (χ1) is 7.65. The van der Waals surface area contributed by atoms with Crippen molar-refractivity contribution >= 4 is 0 Å². The summed E-state index contributed by atoms with van der Waals surface area (Å²) in [7, 11) is 0. The molecule has 0 radical (unpaired) electrons. The maximum absolute atomic E-state index is 9.65. The highest BCUT2D eigenvalue weighted by molar-refractivity contribution is 5.32. The number of benzene rings is 1. The highest BCUT2D eigenvalue weighted by atomic mass is 16.3. The van der Waals surface area contributed by atoms with Crippen molar-refractivity contribution in [2.45, 2.75) is 44.7 Å². The van der Waals surface area contributed by atoms with Gasteiger partial charge in [0.25, 0.3) is 0 Å². The largest absolute Gasteiger partial charge is 0.394 e. The van der Waals surface area contributed by atoms with E-state index in [1.54, 1.807) is 0 Å². The zero-order chi connectivity index (χ0) is 11.6.